The molecule has 0 saturated carbocycles. The van der Waals surface area contributed by atoms with E-state index in [1.54, 1.807) is 6.07 Å². The Kier molecular flexibility index (Phi) is 4.92. The fraction of sp³-hybridized carbons (Fsp3) is 0.167. The number of amides is 1. The van der Waals surface area contributed by atoms with E-state index >= 15 is 0 Å². The van der Waals surface area contributed by atoms with Crippen molar-refractivity contribution in [3.05, 3.63) is 83.4 Å². The number of para-hydroxylation sites is 2. The maximum Gasteiger partial charge on any atom is 0.318 e. The van der Waals surface area contributed by atoms with Crippen molar-refractivity contribution in [2.75, 3.05) is 13.4 Å². The molecule has 0 radical (unpaired) electrons. The number of esters is 1. The van der Waals surface area contributed by atoms with Gasteiger partial charge in [0.2, 0.25) is 6.79 Å². The molecule has 0 atom stereocenters. The molecule has 0 saturated heterocycles. The predicted molar refractivity (Wildman–Crippen MR) is 110 cm³/mol. The van der Waals surface area contributed by atoms with E-state index < -0.39 is 11.9 Å². The quantitative estimate of drug-likeness (QED) is 0.640. The van der Waals surface area contributed by atoms with Crippen LogP contribution in [0.15, 0.2) is 66.7 Å². The van der Waals surface area contributed by atoms with E-state index in [0.29, 0.717) is 34.1 Å². The Bertz CT molecular complexity index is 1110. The Morgan fingerprint density at radius 2 is 1.55 bits per heavy atom. The fourth-order valence-electron chi connectivity index (χ4n) is 3.69. The number of nitrogens with one attached hydrogen (secondary N) is 1. The fourth-order valence-corrected chi connectivity index (χ4v) is 3.69. The normalized spacial score (nSPS) is 13.5. The highest BCUT2D eigenvalue weighted by atomic mass is 16.7. The van der Waals surface area contributed by atoms with Crippen LogP contribution in [0.2, 0.25) is 0 Å². The van der Waals surface area contributed by atoms with Crippen molar-refractivity contribution in [3.8, 4) is 23.0 Å². The first kappa shape index (κ1) is 19.0. The van der Waals surface area contributed by atoms with Gasteiger partial charge in [-0.05, 0) is 29.8 Å². The standard InChI is InChI=1S/C24H19NO6/c26-22(25-12-15-9-10-20-21(11-15)30-14-29-20)13-28-24(27)23-16-5-1-3-7-18(16)31-19-8-4-2-6-17(19)23/h1-11,23H,12-14H2,(H,25,26). The number of ether oxygens (including phenoxy) is 4. The molecule has 3 aromatic rings. The monoisotopic (exact) mass is 417 g/mol. The SMILES string of the molecule is O=C(COC(=O)C1c2ccccc2Oc2ccccc21)NCc1ccc2c(c1)OCO2. The molecule has 1 amide bonds. The second-order valence-corrected chi connectivity index (χ2v) is 7.18. The van der Waals surface area contributed by atoms with E-state index in [-0.39, 0.29) is 25.9 Å². The highest BCUT2D eigenvalue weighted by Gasteiger charge is 2.33. The summed E-state index contributed by atoms with van der Waals surface area (Å²) >= 11 is 0. The molecule has 0 aliphatic carbocycles. The van der Waals surface area contributed by atoms with Crippen LogP contribution in [0, 0.1) is 0 Å². The molecule has 2 aliphatic heterocycles. The van der Waals surface area contributed by atoms with Gasteiger partial charge in [0, 0.05) is 17.7 Å². The first-order chi connectivity index (χ1) is 15.2. The number of benzene rings is 3. The average molecular weight is 417 g/mol. The molecule has 0 spiro atoms. The Labute approximate surface area is 178 Å². The zero-order chi connectivity index (χ0) is 21.2. The van der Waals surface area contributed by atoms with E-state index in [1.165, 1.54) is 0 Å². The third-order valence-electron chi connectivity index (χ3n) is 5.19. The lowest BCUT2D eigenvalue weighted by molar-refractivity contribution is -0.149. The molecule has 7 heteroatoms. The van der Waals surface area contributed by atoms with Crippen molar-refractivity contribution >= 4 is 11.9 Å². The van der Waals surface area contributed by atoms with Crippen LogP contribution in [0.1, 0.15) is 22.6 Å². The van der Waals surface area contributed by atoms with Crippen LogP contribution in [-0.4, -0.2) is 25.3 Å². The van der Waals surface area contributed by atoms with Gasteiger partial charge in [-0.3, -0.25) is 9.59 Å². The second-order valence-electron chi connectivity index (χ2n) is 7.18. The summed E-state index contributed by atoms with van der Waals surface area (Å²) in [6.45, 7) is 0.112. The molecule has 2 aliphatic rings. The van der Waals surface area contributed by atoms with Gasteiger partial charge in [0.15, 0.2) is 18.1 Å². The summed E-state index contributed by atoms with van der Waals surface area (Å²) in [7, 11) is 0. The average Bonchev–Trinajstić information content (AvgIpc) is 3.27. The van der Waals surface area contributed by atoms with Crippen LogP contribution >= 0.6 is 0 Å². The van der Waals surface area contributed by atoms with Gasteiger partial charge in [0.1, 0.15) is 17.4 Å². The van der Waals surface area contributed by atoms with Gasteiger partial charge in [0.25, 0.3) is 5.91 Å². The lowest BCUT2D eigenvalue weighted by Crippen LogP contribution is -2.30. The minimum Gasteiger partial charge on any atom is -0.457 e. The molecule has 0 bridgehead atoms. The topological polar surface area (TPSA) is 83.1 Å². The zero-order valence-corrected chi connectivity index (χ0v) is 16.5. The first-order valence-electron chi connectivity index (χ1n) is 9.86. The molecule has 31 heavy (non-hydrogen) atoms. The van der Waals surface area contributed by atoms with E-state index in [2.05, 4.69) is 5.32 Å². The summed E-state index contributed by atoms with van der Waals surface area (Å²) in [5.74, 6) is 1.01. The van der Waals surface area contributed by atoms with Crippen molar-refractivity contribution in [1.29, 1.82) is 0 Å². The van der Waals surface area contributed by atoms with Crippen LogP contribution in [0.3, 0.4) is 0 Å². The third kappa shape index (κ3) is 3.77. The van der Waals surface area contributed by atoms with Gasteiger partial charge < -0.3 is 24.3 Å². The molecule has 0 fully saturated rings. The maximum absolute atomic E-state index is 12.9. The van der Waals surface area contributed by atoms with Crippen LogP contribution < -0.4 is 19.5 Å². The van der Waals surface area contributed by atoms with E-state index in [4.69, 9.17) is 18.9 Å². The van der Waals surface area contributed by atoms with Gasteiger partial charge in [0.05, 0.1) is 0 Å². The molecule has 0 aromatic heterocycles. The number of carbonyl (C=O) groups is 2. The minimum atomic E-state index is -0.650. The Balaban J connectivity index is 1.23. The summed E-state index contributed by atoms with van der Waals surface area (Å²) in [6, 6.07) is 20.1. The number of hydrogen-bond acceptors (Lipinski definition) is 6. The van der Waals surface area contributed by atoms with Gasteiger partial charge in [-0.1, -0.05) is 42.5 Å². The lowest BCUT2D eigenvalue weighted by atomic mass is 9.88. The summed E-state index contributed by atoms with van der Waals surface area (Å²) in [5, 5.41) is 2.75. The van der Waals surface area contributed by atoms with Gasteiger partial charge in [-0.2, -0.15) is 0 Å². The van der Waals surface area contributed by atoms with Crippen LogP contribution in [0.4, 0.5) is 0 Å². The Hall–Kier alpha value is -4.00. The molecule has 1 N–H and O–H groups in total. The number of rotatable bonds is 5. The second kappa shape index (κ2) is 8.02. The summed E-state index contributed by atoms with van der Waals surface area (Å²) in [6.07, 6.45) is 0. The smallest absolute Gasteiger partial charge is 0.318 e. The molecule has 7 nitrogen and oxygen atoms in total. The summed E-state index contributed by atoms with van der Waals surface area (Å²) < 4.78 is 21.9. The molecular formula is C24H19NO6. The van der Waals surface area contributed by atoms with E-state index in [1.807, 2.05) is 60.7 Å². The van der Waals surface area contributed by atoms with Gasteiger partial charge in [-0.15, -0.1) is 0 Å². The maximum atomic E-state index is 12.9. The van der Waals surface area contributed by atoms with Crippen LogP contribution in [0.5, 0.6) is 23.0 Å². The van der Waals surface area contributed by atoms with Crippen molar-refractivity contribution in [1.82, 2.24) is 5.32 Å². The zero-order valence-electron chi connectivity index (χ0n) is 16.5. The van der Waals surface area contributed by atoms with Crippen molar-refractivity contribution < 1.29 is 28.5 Å². The molecule has 0 unspecified atom stereocenters. The predicted octanol–water partition coefficient (Wildman–Crippen LogP) is 3.51. The largest absolute Gasteiger partial charge is 0.457 e. The lowest BCUT2D eigenvalue weighted by Gasteiger charge is -2.26. The highest BCUT2D eigenvalue weighted by Crippen LogP contribution is 2.44. The number of fused-ring (bicyclic) bond motifs is 3. The summed E-state index contributed by atoms with van der Waals surface area (Å²) in [5.41, 5.74) is 2.29. The Morgan fingerprint density at radius 1 is 0.871 bits per heavy atom. The number of carbonyl (C=O) groups excluding carboxylic acids is 2. The van der Waals surface area contributed by atoms with Gasteiger partial charge in [-0.25, -0.2) is 0 Å². The van der Waals surface area contributed by atoms with Crippen LogP contribution in [0.25, 0.3) is 0 Å². The minimum absolute atomic E-state index is 0.194. The van der Waals surface area contributed by atoms with Crippen molar-refractivity contribution in [2.24, 2.45) is 0 Å². The van der Waals surface area contributed by atoms with Crippen molar-refractivity contribution in [3.63, 3.8) is 0 Å². The van der Waals surface area contributed by atoms with E-state index in [9.17, 15) is 9.59 Å². The molecule has 2 heterocycles. The van der Waals surface area contributed by atoms with Crippen molar-refractivity contribution in [2.45, 2.75) is 12.5 Å². The highest BCUT2D eigenvalue weighted by molar-refractivity contribution is 5.87. The third-order valence-corrected chi connectivity index (χ3v) is 5.19. The summed E-state index contributed by atoms with van der Waals surface area (Å²) in [4.78, 5) is 25.2. The van der Waals surface area contributed by atoms with Crippen LogP contribution in [-0.2, 0) is 20.9 Å². The molecule has 3 aromatic carbocycles. The first-order valence-corrected chi connectivity index (χ1v) is 9.86. The number of hydrogen-bond donors (Lipinski definition) is 1. The molecule has 156 valence electrons. The Morgan fingerprint density at radius 3 is 2.29 bits per heavy atom. The van der Waals surface area contributed by atoms with Gasteiger partial charge >= 0.3 is 5.97 Å². The van der Waals surface area contributed by atoms with E-state index in [0.717, 1.165) is 5.56 Å². The molecule has 5 rings (SSSR count). The molecular weight excluding hydrogens is 398 g/mol.